The van der Waals surface area contributed by atoms with Crippen LogP contribution in [0.4, 0.5) is 11.6 Å². The molecule has 0 bridgehead atoms. The Morgan fingerprint density at radius 2 is 2.17 bits per heavy atom. The molecule has 1 heterocycles. The molecule has 0 spiro atoms. The standard InChI is InChI=1S/C12H12N2O4/c1-8-6-9(15)2-4-11(8)13-7-10-3-5-12(18-10)14(16)17/h2-6,13,15H,7H2,1H3. The number of nitrogens with zero attached hydrogens (tertiary/aromatic N) is 1. The van der Waals surface area contributed by atoms with Gasteiger partial charge in [0.1, 0.15) is 16.4 Å². The van der Waals surface area contributed by atoms with Gasteiger partial charge in [-0.1, -0.05) is 0 Å². The van der Waals surface area contributed by atoms with Crippen molar-refractivity contribution < 1.29 is 14.4 Å². The SMILES string of the molecule is Cc1cc(O)ccc1NCc1ccc([N+](=O)[O-])o1. The zero-order valence-electron chi connectivity index (χ0n) is 9.71. The fourth-order valence-corrected chi connectivity index (χ4v) is 1.59. The van der Waals surface area contributed by atoms with Crippen LogP contribution in [0.15, 0.2) is 34.7 Å². The fraction of sp³-hybridized carbons (Fsp3) is 0.167. The Kier molecular flexibility index (Phi) is 3.18. The molecule has 0 unspecified atom stereocenters. The van der Waals surface area contributed by atoms with Crippen LogP contribution in [-0.2, 0) is 6.54 Å². The normalized spacial score (nSPS) is 10.3. The van der Waals surface area contributed by atoms with Gasteiger partial charge in [0.15, 0.2) is 0 Å². The van der Waals surface area contributed by atoms with Gasteiger partial charge in [-0.15, -0.1) is 0 Å². The predicted molar refractivity (Wildman–Crippen MR) is 65.5 cm³/mol. The van der Waals surface area contributed by atoms with Crippen molar-refractivity contribution in [3.63, 3.8) is 0 Å². The quantitative estimate of drug-likeness (QED) is 0.493. The maximum absolute atomic E-state index is 10.4. The number of hydrogen-bond acceptors (Lipinski definition) is 5. The van der Waals surface area contributed by atoms with Gasteiger partial charge in [0.2, 0.25) is 0 Å². The summed E-state index contributed by atoms with van der Waals surface area (Å²) in [7, 11) is 0. The molecule has 0 atom stereocenters. The van der Waals surface area contributed by atoms with E-state index in [1.807, 2.05) is 6.92 Å². The zero-order valence-corrected chi connectivity index (χ0v) is 9.71. The highest BCUT2D eigenvalue weighted by Crippen LogP contribution is 2.22. The average molecular weight is 248 g/mol. The molecule has 0 aliphatic rings. The van der Waals surface area contributed by atoms with Crippen molar-refractivity contribution in [1.29, 1.82) is 0 Å². The molecule has 2 rings (SSSR count). The first-order chi connectivity index (χ1) is 8.56. The monoisotopic (exact) mass is 248 g/mol. The lowest BCUT2D eigenvalue weighted by molar-refractivity contribution is -0.402. The van der Waals surface area contributed by atoms with E-state index in [-0.39, 0.29) is 11.6 Å². The maximum atomic E-state index is 10.4. The molecular formula is C12H12N2O4. The third kappa shape index (κ3) is 2.60. The van der Waals surface area contributed by atoms with Crippen LogP contribution in [0.2, 0.25) is 0 Å². The van der Waals surface area contributed by atoms with Crippen LogP contribution in [0.3, 0.4) is 0 Å². The third-order valence-electron chi connectivity index (χ3n) is 2.49. The molecule has 0 radical (unpaired) electrons. The summed E-state index contributed by atoms with van der Waals surface area (Å²) in [5.74, 6) is 0.412. The minimum atomic E-state index is -0.574. The Morgan fingerprint density at radius 1 is 1.39 bits per heavy atom. The summed E-state index contributed by atoms with van der Waals surface area (Å²) in [5.41, 5.74) is 1.72. The molecule has 1 aromatic heterocycles. The molecule has 1 aromatic carbocycles. The van der Waals surface area contributed by atoms with Crippen LogP contribution in [0, 0.1) is 17.0 Å². The number of aryl methyl sites for hydroxylation is 1. The van der Waals surface area contributed by atoms with Crippen molar-refractivity contribution in [3.05, 3.63) is 51.8 Å². The van der Waals surface area contributed by atoms with Gasteiger partial charge in [-0.2, -0.15) is 0 Å². The van der Waals surface area contributed by atoms with Crippen LogP contribution in [0.25, 0.3) is 0 Å². The Morgan fingerprint density at radius 3 is 2.78 bits per heavy atom. The Balaban J connectivity index is 2.04. The van der Waals surface area contributed by atoms with Gasteiger partial charge < -0.3 is 14.8 Å². The van der Waals surface area contributed by atoms with E-state index in [4.69, 9.17) is 4.42 Å². The van der Waals surface area contributed by atoms with Crippen molar-refractivity contribution >= 4 is 11.6 Å². The second kappa shape index (κ2) is 4.79. The first-order valence-electron chi connectivity index (χ1n) is 5.33. The molecule has 94 valence electrons. The minimum Gasteiger partial charge on any atom is -0.508 e. The van der Waals surface area contributed by atoms with E-state index in [2.05, 4.69) is 5.32 Å². The van der Waals surface area contributed by atoms with Crippen LogP contribution in [-0.4, -0.2) is 10.0 Å². The second-order valence-corrected chi connectivity index (χ2v) is 3.85. The summed E-state index contributed by atoms with van der Waals surface area (Å²) in [6.45, 7) is 2.20. The van der Waals surface area contributed by atoms with Crippen molar-refractivity contribution in [2.75, 3.05) is 5.32 Å². The lowest BCUT2D eigenvalue weighted by Gasteiger charge is -2.07. The Labute approximate surface area is 103 Å². The summed E-state index contributed by atoms with van der Waals surface area (Å²) >= 11 is 0. The van der Waals surface area contributed by atoms with Gasteiger partial charge in [0.05, 0.1) is 12.6 Å². The number of rotatable bonds is 4. The molecule has 2 N–H and O–H groups in total. The van der Waals surface area contributed by atoms with E-state index in [0.29, 0.717) is 12.3 Å². The number of phenolic OH excluding ortho intramolecular Hbond substituents is 1. The lowest BCUT2D eigenvalue weighted by atomic mass is 10.2. The van der Waals surface area contributed by atoms with Gasteiger partial charge >= 0.3 is 5.88 Å². The summed E-state index contributed by atoms with van der Waals surface area (Å²) in [6.07, 6.45) is 0. The van der Waals surface area contributed by atoms with Crippen molar-refractivity contribution in [2.45, 2.75) is 13.5 Å². The maximum Gasteiger partial charge on any atom is 0.433 e. The molecule has 0 saturated carbocycles. The van der Waals surface area contributed by atoms with Crippen LogP contribution < -0.4 is 5.32 Å². The first kappa shape index (κ1) is 12.0. The summed E-state index contributed by atoms with van der Waals surface area (Å²) in [6, 6.07) is 7.82. The Bertz CT molecular complexity index is 577. The second-order valence-electron chi connectivity index (χ2n) is 3.85. The molecule has 6 nitrogen and oxygen atoms in total. The van der Waals surface area contributed by atoms with Crippen molar-refractivity contribution in [1.82, 2.24) is 0 Å². The fourth-order valence-electron chi connectivity index (χ4n) is 1.59. The molecule has 0 amide bonds. The highest BCUT2D eigenvalue weighted by molar-refractivity contribution is 5.53. The van der Waals surface area contributed by atoms with Crippen LogP contribution >= 0.6 is 0 Å². The number of phenols is 1. The number of nitro groups is 1. The molecule has 0 fully saturated rings. The third-order valence-corrected chi connectivity index (χ3v) is 2.49. The van der Waals surface area contributed by atoms with Crippen molar-refractivity contribution in [2.24, 2.45) is 0 Å². The molecule has 0 saturated heterocycles. The van der Waals surface area contributed by atoms with Crippen molar-refractivity contribution in [3.8, 4) is 5.75 Å². The molecular weight excluding hydrogens is 236 g/mol. The zero-order chi connectivity index (χ0) is 13.1. The topological polar surface area (TPSA) is 88.5 Å². The van der Waals surface area contributed by atoms with E-state index in [1.165, 1.54) is 6.07 Å². The summed E-state index contributed by atoms with van der Waals surface area (Å²) in [4.78, 5) is 9.87. The van der Waals surface area contributed by atoms with Gasteiger partial charge in [-0.05, 0) is 36.8 Å². The molecule has 0 aliphatic carbocycles. The van der Waals surface area contributed by atoms with E-state index in [1.54, 1.807) is 24.3 Å². The van der Waals surface area contributed by atoms with E-state index < -0.39 is 4.92 Å². The van der Waals surface area contributed by atoms with Crippen LogP contribution in [0.1, 0.15) is 11.3 Å². The summed E-state index contributed by atoms with van der Waals surface area (Å²) in [5, 5.41) is 22.8. The number of anilines is 1. The minimum absolute atomic E-state index is 0.201. The number of aromatic hydroxyl groups is 1. The van der Waals surface area contributed by atoms with Gasteiger partial charge in [0.25, 0.3) is 0 Å². The van der Waals surface area contributed by atoms with E-state index >= 15 is 0 Å². The number of furan rings is 1. The van der Waals surface area contributed by atoms with E-state index in [0.717, 1.165) is 11.3 Å². The van der Waals surface area contributed by atoms with Gasteiger partial charge in [-0.25, -0.2) is 0 Å². The van der Waals surface area contributed by atoms with Crippen LogP contribution in [0.5, 0.6) is 5.75 Å². The largest absolute Gasteiger partial charge is 0.508 e. The summed E-state index contributed by atoms with van der Waals surface area (Å²) < 4.78 is 5.02. The number of benzene rings is 1. The highest BCUT2D eigenvalue weighted by Gasteiger charge is 2.11. The number of nitrogens with one attached hydrogen (secondary N) is 1. The van der Waals surface area contributed by atoms with Gasteiger partial charge in [-0.3, -0.25) is 10.1 Å². The average Bonchev–Trinajstić information content (AvgIpc) is 2.76. The highest BCUT2D eigenvalue weighted by atomic mass is 16.6. The Hall–Kier alpha value is -2.50. The first-order valence-corrected chi connectivity index (χ1v) is 5.33. The van der Waals surface area contributed by atoms with Gasteiger partial charge in [0, 0.05) is 5.69 Å². The molecule has 0 aliphatic heterocycles. The smallest absolute Gasteiger partial charge is 0.433 e. The van der Waals surface area contributed by atoms with E-state index in [9.17, 15) is 15.2 Å². The molecule has 6 heteroatoms. The molecule has 2 aromatic rings. The lowest BCUT2D eigenvalue weighted by Crippen LogP contribution is -1.99. The number of hydrogen-bond donors (Lipinski definition) is 2. The molecule has 18 heavy (non-hydrogen) atoms. The predicted octanol–water partition coefficient (Wildman–Crippen LogP) is 2.81.